The molecule has 0 spiro atoms. The van der Waals surface area contributed by atoms with Crippen LogP contribution >= 0.6 is 34.8 Å². The minimum Gasteiger partial charge on any atom is -0.420 e. The van der Waals surface area contributed by atoms with Gasteiger partial charge in [0.2, 0.25) is 0 Å². The Hall–Kier alpha value is -2.86. The summed E-state index contributed by atoms with van der Waals surface area (Å²) in [6, 6.07) is 14.1. The topological polar surface area (TPSA) is 57.0 Å². The zero-order chi connectivity index (χ0) is 22.1. The van der Waals surface area contributed by atoms with Crippen LogP contribution in [-0.4, -0.2) is 20.7 Å². The van der Waals surface area contributed by atoms with E-state index in [1.54, 1.807) is 47.3 Å². The fraction of sp³-hybridized carbons (Fsp3) is 0.0870. The van der Waals surface area contributed by atoms with Crippen molar-refractivity contribution >= 4 is 40.8 Å². The monoisotopic (exact) mass is 471 g/mol. The molecule has 31 heavy (non-hydrogen) atoms. The number of hydrogen-bond donors (Lipinski definition) is 0. The molecule has 8 heteroatoms. The molecule has 2 aromatic carbocycles. The third kappa shape index (κ3) is 4.30. The molecular formula is C23H16Cl3N3O2. The molecule has 0 aliphatic carbocycles. The van der Waals surface area contributed by atoms with Crippen molar-refractivity contribution in [3.05, 3.63) is 92.8 Å². The van der Waals surface area contributed by atoms with E-state index >= 15 is 0 Å². The van der Waals surface area contributed by atoms with Gasteiger partial charge in [0.05, 0.1) is 22.6 Å². The lowest BCUT2D eigenvalue weighted by Crippen LogP contribution is -2.12. The minimum atomic E-state index is -0.590. The Morgan fingerprint density at radius 3 is 2.35 bits per heavy atom. The molecule has 0 aliphatic rings. The first-order chi connectivity index (χ1) is 14.8. The second kappa shape index (κ2) is 8.71. The van der Waals surface area contributed by atoms with Crippen molar-refractivity contribution in [2.45, 2.75) is 13.8 Å². The minimum absolute atomic E-state index is 0.166. The summed E-state index contributed by atoms with van der Waals surface area (Å²) < 4.78 is 7.18. The Bertz CT molecular complexity index is 1280. The van der Waals surface area contributed by atoms with E-state index in [0.29, 0.717) is 37.8 Å². The van der Waals surface area contributed by atoms with Gasteiger partial charge in [-0.15, -0.1) is 0 Å². The number of rotatable bonds is 4. The highest BCUT2D eigenvalue weighted by molar-refractivity contribution is 6.35. The van der Waals surface area contributed by atoms with Gasteiger partial charge in [0.25, 0.3) is 0 Å². The van der Waals surface area contributed by atoms with Gasteiger partial charge in [-0.3, -0.25) is 4.98 Å². The van der Waals surface area contributed by atoms with Gasteiger partial charge in [-0.2, -0.15) is 5.10 Å². The number of nitrogens with zero attached hydrogens (tertiary/aromatic N) is 3. The number of hydrogen-bond acceptors (Lipinski definition) is 4. The van der Waals surface area contributed by atoms with Crippen LogP contribution in [0.3, 0.4) is 0 Å². The number of aromatic nitrogens is 3. The van der Waals surface area contributed by atoms with Crippen LogP contribution in [0.15, 0.2) is 60.9 Å². The number of carbonyl (C=O) groups is 1. The average Bonchev–Trinajstić information content (AvgIpc) is 3.07. The summed E-state index contributed by atoms with van der Waals surface area (Å²) in [6.07, 6.45) is 3.13. The first-order valence-corrected chi connectivity index (χ1v) is 10.4. The molecule has 2 heterocycles. The molecule has 0 N–H and O–H groups in total. The Morgan fingerprint density at radius 2 is 1.68 bits per heavy atom. The van der Waals surface area contributed by atoms with Crippen LogP contribution in [0.2, 0.25) is 15.1 Å². The Balaban J connectivity index is 1.87. The van der Waals surface area contributed by atoms with Crippen molar-refractivity contribution < 1.29 is 9.53 Å². The van der Waals surface area contributed by atoms with Gasteiger partial charge in [-0.1, -0.05) is 46.9 Å². The molecule has 0 fully saturated rings. The van der Waals surface area contributed by atoms with Gasteiger partial charge in [0.1, 0.15) is 0 Å². The Kier molecular flexibility index (Phi) is 6.01. The molecular weight excluding hydrogens is 457 g/mol. The summed E-state index contributed by atoms with van der Waals surface area (Å²) in [6.45, 7) is 3.65. The van der Waals surface area contributed by atoms with Crippen LogP contribution in [0.4, 0.5) is 0 Å². The van der Waals surface area contributed by atoms with Crippen molar-refractivity contribution in [2.24, 2.45) is 0 Å². The molecule has 0 atom stereocenters. The van der Waals surface area contributed by atoms with Gasteiger partial charge in [0, 0.05) is 27.4 Å². The summed E-state index contributed by atoms with van der Waals surface area (Å²) in [5.41, 5.74) is 3.68. The van der Waals surface area contributed by atoms with Crippen molar-refractivity contribution in [2.75, 3.05) is 0 Å². The van der Waals surface area contributed by atoms with E-state index < -0.39 is 5.97 Å². The molecule has 0 saturated heterocycles. The van der Waals surface area contributed by atoms with Gasteiger partial charge < -0.3 is 4.74 Å². The maximum absolute atomic E-state index is 13.0. The predicted octanol–water partition coefficient (Wildman–Crippen LogP) is 6.73. The van der Waals surface area contributed by atoms with E-state index in [4.69, 9.17) is 39.5 Å². The molecule has 4 aromatic rings. The van der Waals surface area contributed by atoms with Crippen LogP contribution in [-0.2, 0) is 0 Å². The first-order valence-electron chi connectivity index (χ1n) is 9.29. The van der Waals surface area contributed by atoms with Crippen LogP contribution in [0.25, 0.3) is 16.9 Å². The van der Waals surface area contributed by atoms with Gasteiger partial charge in [0.15, 0.2) is 11.4 Å². The summed E-state index contributed by atoms with van der Waals surface area (Å²) in [5.74, 6) is -0.216. The van der Waals surface area contributed by atoms with Gasteiger partial charge in [-0.05, 0) is 55.8 Å². The summed E-state index contributed by atoms with van der Waals surface area (Å²) in [7, 11) is 0. The molecule has 0 aliphatic heterocycles. The van der Waals surface area contributed by atoms with E-state index in [1.807, 2.05) is 26.0 Å². The lowest BCUT2D eigenvalue weighted by Gasteiger charge is -2.11. The van der Waals surface area contributed by atoms with E-state index in [0.717, 1.165) is 11.1 Å². The second-order valence-corrected chi connectivity index (χ2v) is 8.15. The number of ether oxygens (including phenoxy) is 1. The van der Waals surface area contributed by atoms with Crippen molar-refractivity contribution in [1.82, 2.24) is 14.8 Å². The molecule has 0 amide bonds. The van der Waals surface area contributed by atoms with Crippen molar-refractivity contribution in [3.8, 4) is 22.7 Å². The molecule has 5 nitrogen and oxygen atoms in total. The number of esters is 1. The molecule has 0 bridgehead atoms. The fourth-order valence-corrected chi connectivity index (χ4v) is 3.78. The standard InChI is InChI=1S/C23H16Cl3N3O2/c1-13-9-10-27-12-20(13)31-23(30)21-14(2)22(15-3-5-16(24)6-4-15)29(28-21)19-8-7-17(25)11-18(19)26/h3-12H,1-2H3. The normalized spacial score (nSPS) is 10.9. The largest absolute Gasteiger partial charge is 0.420 e. The van der Waals surface area contributed by atoms with E-state index in [-0.39, 0.29) is 5.69 Å². The zero-order valence-electron chi connectivity index (χ0n) is 16.6. The number of aryl methyl sites for hydroxylation is 1. The summed E-state index contributed by atoms with van der Waals surface area (Å²) in [5, 5.41) is 6.05. The zero-order valence-corrected chi connectivity index (χ0v) is 18.8. The predicted molar refractivity (Wildman–Crippen MR) is 123 cm³/mol. The number of carbonyl (C=O) groups excluding carboxylic acids is 1. The fourth-order valence-electron chi connectivity index (χ4n) is 3.17. The quantitative estimate of drug-likeness (QED) is 0.309. The van der Waals surface area contributed by atoms with Crippen LogP contribution < -0.4 is 4.74 Å². The van der Waals surface area contributed by atoms with Gasteiger partial charge in [-0.25, -0.2) is 9.48 Å². The lowest BCUT2D eigenvalue weighted by molar-refractivity contribution is 0.0725. The molecule has 0 radical (unpaired) electrons. The van der Waals surface area contributed by atoms with E-state index in [9.17, 15) is 4.79 Å². The van der Waals surface area contributed by atoms with E-state index in [2.05, 4.69) is 10.1 Å². The third-order valence-electron chi connectivity index (χ3n) is 4.76. The number of pyridine rings is 1. The summed E-state index contributed by atoms with van der Waals surface area (Å²) in [4.78, 5) is 17.0. The SMILES string of the molecule is Cc1ccncc1OC(=O)c1nn(-c2ccc(Cl)cc2Cl)c(-c2ccc(Cl)cc2)c1C. The summed E-state index contributed by atoms with van der Waals surface area (Å²) >= 11 is 18.6. The maximum atomic E-state index is 13.0. The average molecular weight is 473 g/mol. The number of halogens is 3. The number of benzene rings is 2. The smallest absolute Gasteiger partial charge is 0.364 e. The van der Waals surface area contributed by atoms with Crippen LogP contribution in [0.5, 0.6) is 5.75 Å². The van der Waals surface area contributed by atoms with Crippen LogP contribution in [0, 0.1) is 13.8 Å². The molecule has 156 valence electrons. The van der Waals surface area contributed by atoms with E-state index in [1.165, 1.54) is 6.20 Å². The van der Waals surface area contributed by atoms with Gasteiger partial charge >= 0.3 is 5.97 Å². The highest BCUT2D eigenvalue weighted by Crippen LogP contribution is 2.33. The maximum Gasteiger partial charge on any atom is 0.364 e. The third-order valence-corrected chi connectivity index (χ3v) is 5.55. The van der Waals surface area contributed by atoms with Crippen molar-refractivity contribution in [1.29, 1.82) is 0 Å². The highest BCUT2D eigenvalue weighted by Gasteiger charge is 2.25. The lowest BCUT2D eigenvalue weighted by atomic mass is 10.1. The molecule has 0 unspecified atom stereocenters. The highest BCUT2D eigenvalue weighted by atomic mass is 35.5. The van der Waals surface area contributed by atoms with Crippen LogP contribution in [0.1, 0.15) is 21.6 Å². The van der Waals surface area contributed by atoms with Crippen molar-refractivity contribution in [3.63, 3.8) is 0 Å². The molecule has 0 saturated carbocycles. The molecule has 4 rings (SSSR count). The second-order valence-electron chi connectivity index (χ2n) is 6.87. The Morgan fingerprint density at radius 1 is 0.968 bits per heavy atom. The first kappa shape index (κ1) is 21.4. The molecule has 2 aromatic heterocycles. The Labute approximate surface area is 194 Å².